The molecule has 0 saturated heterocycles. The van der Waals surface area contributed by atoms with Gasteiger partial charge in [-0.3, -0.25) is 9.69 Å². The predicted molar refractivity (Wildman–Crippen MR) is 103 cm³/mol. The van der Waals surface area contributed by atoms with Gasteiger partial charge in [0.05, 0.1) is 11.0 Å². The van der Waals surface area contributed by atoms with Crippen LogP contribution in [-0.4, -0.2) is 34.1 Å². The van der Waals surface area contributed by atoms with Gasteiger partial charge in [0.1, 0.15) is 6.04 Å². The van der Waals surface area contributed by atoms with E-state index < -0.39 is 6.04 Å². The van der Waals surface area contributed by atoms with E-state index in [2.05, 4.69) is 15.6 Å². The largest absolute Gasteiger partial charge is 0.350 e. The van der Waals surface area contributed by atoms with E-state index >= 15 is 0 Å². The van der Waals surface area contributed by atoms with E-state index in [1.807, 2.05) is 59.2 Å². The van der Waals surface area contributed by atoms with Crippen LogP contribution < -0.4 is 15.5 Å². The van der Waals surface area contributed by atoms with Crippen LogP contribution in [0.25, 0.3) is 11.0 Å². The van der Waals surface area contributed by atoms with Crippen molar-refractivity contribution in [1.82, 2.24) is 20.2 Å². The third-order valence-electron chi connectivity index (χ3n) is 4.71. The summed E-state index contributed by atoms with van der Waals surface area (Å²) in [5.41, 5.74) is 2.88. The molecule has 1 aliphatic heterocycles. The van der Waals surface area contributed by atoms with Gasteiger partial charge in [0.2, 0.25) is 11.9 Å². The van der Waals surface area contributed by atoms with Crippen LogP contribution in [0.15, 0.2) is 54.6 Å². The first-order valence-electron chi connectivity index (χ1n) is 8.98. The minimum atomic E-state index is -0.639. The molecule has 0 unspecified atom stereocenters. The number of benzene rings is 2. The Bertz CT molecular complexity index is 982. The van der Waals surface area contributed by atoms with Gasteiger partial charge in [-0.15, -0.1) is 0 Å². The van der Waals surface area contributed by atoms with Gasteiger partial charge in [-0.05, 0) is 24.6 Å². The molecular formula is C20H21N5O2. The number of rotatable bonds is 4. The lowest BCUT2D eigenvalue weighted by Crippen LogP contribution is -2.49. The highest BCUT2D eigenvalue weighted by molar-refractivity contribution is 5.96. The van der Waals surface area contributed by atoms with E-state index in [1.54, 1.807) is 11.8 Å². The number of carbonyl (C=O) groups is 2. The summed E-state index contributed by atoms with van der Waals surface area (Å²) in [4.78, 5) is 31.1. The van der Waals surface area contributed by atoms with Gasteiger partial charge in [0.25, 0.3) is 0 Å². The Hall–Kier alpha value is -3.35. The number of amides is 3. The van der Waals surface area contributed by atoms with Crippen molar-refractivity contribution in [3.63, 3.8) is 0 Å². The van der Waals surface area contributed by atoms with Crippen molar-refractivity contribution < 1.29 is 9.59 Å². The highest BCUT2D eigenvalue weighted by atomic mass is 16.2. The molecule has 0 radical (unpaired) electrons. The van der Waals surface area contributed by atoms with Gasteiger partial charge in [0, 0.05) is 19.6 Å². The first kappa shape index (κ1) is 17.1. The maximum atomic E-state index is 12.7. The number of nitrogens with one attached hydrogen (secondary N) is 2. The summed E-state index contributed by atoms with van der Waals surface area (Å²) < 4.78 is 2.02. The lowest BCUT2D eigenvalue weighted by atomic mass is 10.2. The molecule has 0 fully saturated rings. The summed E-state index contributed by atoms with van der Waals surface area (Å²) in [5, 5.41) is 5.61. The smallest absolute Gasteiger partial charge is 0.324 e. The summed E-state index contributed by atoms with van der Waals surface area (Å²) in [7, 11) is 0. The van der Waals surface area contributed by atoms with Crippen LogP contribution in [0, 0.1) is 0 Å². The van der Waals surface area contributed by atoms with Crippen molar-refractivity contribution in [3.05, 3.63) is 60.2 Å². The van der Waals surface area contributed by atoms with Gasteiger partial charge in [-0.1, -0.05) is 42.5 Å². The molecular weight excluding hydrogens is 342 g/mol. The van der Waals surface area contributed by atoms with Crippen LogP contribution in [-0.2, 0) is 17.9 Å². The van der Waals surface area contributed by atoms with E-state index in [1.165, 1.54) is 0 Å². The summed E-state index contributed by atoms with van der Waals surface area (Å²) in [6.45, 7) is 3.34. The molecule has 3 aromatic rings. The van der Waals surface area contributed by atoms with Crippen molar-refractivity contribution in [3.8, 4) is 0 Å². The molecule has 1 aliphatic rings. The number of aromatic nitrogens is 2. The quantitative estimate of drug-likeness (QED) is 0.746. The van der Waals surface area contributed by atoms with Crippen molar-refractivity contribution in [1.29, 1.82) is 0 Å². The Labute approximate surface area is 157 Å². The van der Waals surface area contributed by atoms with Crippen LogP contribution in [0.5, 0.6) is 0 Å². The fourth-order valence-electron chi connectivity index (χ4n) is 3.25. The van der Waals surface area contributed by atoms with Crippen molar-refractivity contribution >= 4 is 28.9 Å². The van der Waals surface area contributed by atoms with Crippen molar-refractivity contribution in [2.24, 2.45) is 0 Å². The summed E-state index contributed by atoms with van der Waals surface area (Å²) in [5.74, 6) is 0.394. The molecule has 2 aromatic carbocycles. The molecule has 7 heteroatoms. The average Bonchev–Trinajstić information content (AvgIpc) is 3.26. The third kappa shape index (κ3) is 3.36. The molecule has 138 valence electrons. The zero-order valence-electron chi connectivity index (χ0n) is 15.1. The van der Waals surface area contributed by atoms with E-state index in [4.69, 9.17) is 0 Å². The normalized spacial score (nSPS) is 14.0. The molecule has 3 amide bonds. The SMILES string of the molecule is C[C@H](NC(=O)N1CCn2c1nc1ccccc12)C(=O)NCc1ccccc1. The number of hydrogen-bond donors (Lipinski definition) is 2. The Morgan fingerprint density at radius 3 is 2.63 bits per heavy atom. The number of urea groups is 1. The Morgan fingerprint density at radius 2 is 1.81 bits per heavy atom. The van der Waals surface area contributed by atoms with E-state index in [9.17, 15) is 9.59 Å². The van der Waals surface area contributed by atoms with Crippen molar-refractivity contribution in [2.75, 3.05) is 11.4 Å². The summed E-state index contributed by atoms with van der Waals surface area (Å²) in [6, 6.07) is 16.5. The van der Waals surface area contributed by atoms with E-state index in [0.29, 0.717) is 25.6 Å². The van der Waals surface area contributed by atoms with E-state index in [0.717, 1.165) is 16.6 Å². The minimum absolute atomic E-state index is 0.222. The molecule has 2 heterocycles. The number of imidazole rings is 1. The number of nitrogens with zero attached hydrogens (tertiary/aromatic N) is 3. The number of hydrogen-bond acceptors (Lipinski definition) is 3. The molecule has 1 aromatic heterocycles. The standard InChI is InChI=1S/C20H21N5O2/c1-14(18(26)21-13-15-7-3-2-4-8-15)22-20(27)25-12-11-24-17-10-6-5-9-16(17)23-19(24)25/h2-10,14H,11-13H2,1H3,(H,21,26)(H,22,27)/t14-/m0/s1. The van der Waals surface area contributed by atoms with Gasteiger partial charge in [-0.2, -0.15) is 0 Å². The molecule has 0 spiro atoms. The highest BCUT2D eigenvalue weighted by Gasteiger charge is 2.29. The second-order valence-electron chi connectivity index (χ2n) is 6.58. The van der Waals surface area contributed by atoms with Gasteiger partial charge in [-0.25, -0.2) is 9.78 Å². The van der Waals surface area contributed by atoms with Crippen LogP contribution in [0.3, 0.4) is 0 Å². The zero-order chi connectivity index (χ0) is 18.8. The first-order chi connectivity index (χ1) is 13.1. The maximum absolute atomic E-state index is 12.7. The minimum Gasteiger partial charge on any atom is -0.350 e. The number of anilines is 1. The lowest BCUT2D eigenvalue weighted by Gasteiger charge is -2.19. The van der Waals surface area contributed by atoms with Crippen LogP contribution in [0.2, 0.25) is 0 Å². The number of carbonyl (C=O) groups excluding carboxylic acids is 2. The summed E-state index contributed by atoms with van der Waals surface area (Å²) in [6.07, 6.45) is 0. The van der Waals surface area contributed by atoms with Crippen LogP contribution in [0.1, 0.15) is 12.5 Å². The molecule has 7 nitrogen and oxygen atoms in total. The summed E-state index contributed by atoms with van der Waals surface area (Å²) >= 11 is 0. The monoisotopic (exact) mass is 363 g/mol. The van der Waals surface area contributed by atoms with Gasteiger partial charge in [0.15, 0.2) is 0 Å². The number of para-hydroxylation sites is 2. The Balaban J connectivity index is 1.39. The van der Waals surface area contributed by atoms with E-state index in [-0.39, 0.29) is 11.9 Å². The molecule has 0 bridgehead atoms. The third-order valence-corrected chi connectivity index (χ3v) is 4.71. The zero-order valence-corrected chi connectivity index (χ0v) is 15.1. The molecule has 4 rings (SSSR count). The molecule has 2 N–H and O–H groups in total. The second kappa shape index (κ2) is 7.11. The molecule has 27 heavy (non-hydrogen) atoms. The number of fused-ring (bicyclic) bond motifs is 3. The fraction of sp³-hybridized carbons (Fsp3) is 0.250. The molecule has 1 atom stereocenters. The van der Waals surface area contributed by atoms with Crippen molar-refractivity contribution in [2.45, 2.75) is 26.1 Å². The van der Waals surface area contributed by atoms with Gasteiger partial charge >= 0.3 is 6.03 Å². The lowest BCUT2D eigenvalue weighted by molar-refractivity contribution is -0.122. The van der Waals surface area contributed by atoms with Gasteiger partial charge < -0.3 is 15.2 Å². The fourth-order valence-corrected chi connectivity index (χ4v) is 3.25. The van der Waals surface area contributed by atoms with Crippen LogP contribution >= 0.6 is 0 Å². The Morgan fingerprint density at radius 1 is 1.07 bits per heavy atom. The second-order valence-corrected chi connectivity index (χ2v) is 6.58. The maximum Gasteiger partial charge on any atom is 0.324 e. The average molecular weight is 363 g/mol. The molecule has 0 aliphatic carbocycles. The predicted octanol–water partition coefficient (Wildman–Crippen LogP) is 2.27. The molecule has 0 saturated carbocycles. The Kier molecular flexibility index (Phi) is 4.50. The topological polar surface area (TPSA) is 79.3 Å². The van der Waals surface area contributed by atoms with Crippen LogP contribution in [0.4, 0.5) is 10.7 Å². The first-order valence-corrected chi connectivity index (χ1v) is 8.98. The highest BCUT2D eigenvalue weighted by Crippen LogP contribution is 2.26.